The molecule has 0 aromatic heterocycles. The zero-order valence-corrected chi connectivity index (χ0v) is 15.9. The second-order valence-electron chi connectivity index (χ2n) is 5.77. The van der Waals surface area contributed by atoms with E-state index >= 15 is 0 Å². The van der Waals surface area contributed by atoms with E-state index in [0.29, 0.717) is 15.8 Å². The van der Waals surface area contributed by atoms with E-state index in [-0.39, 0.29) is 18.8 Å². The summed E-state index contributed by atoms with van der Waals surface area (Å²) in [4.78, 5) is 12.4. The standard InChI is InChI=1S/C21H18Cl2N2O2/c22-17-11-12-19(18(23)13-17)27-14-24-21(26)25-20(15-7-3-1-4-8-15)16-9-5-2-6-10-16/h1-13,20H,14H2,(H2,24,25,26). The molecule has 138 valence electrons. The first-order valence-corrected chi connectivity index (χ1v) is 9.11. The summed E-state index contributed by atoms with van der Waals surface area (Å²) < 4.78 is 5.49. The van der Waals surface area contributed by atoms with E-state index in [0.717, 1.165) is 11.1 Å². The minimum absolute atomic E-state index is 0.0243. The van der Waals surface area contributed by atoms with Crippen molar-refractivity contribution in [2.24, 2.45) is 0 Å². The molecule has 0 spiro atoms. The highest BCUT2D eigenvalue weighted by molar-refractivity contribution is 6.35. The van der Waals surface area contributed by atoms with Crippen LogP contribution in [0.25, 0.3) is 0 Å². The van der Waals surface area contributed by atoms with Crippen LogP contribution in [0.2, 0.25) is 10.0 Å². The summed E-state index contributed by atoms with van der Waals surface area (Å²) in [5.41, 5.74) is 1.97. The highest BCUT2D eigenvalue weighted by Crippen LogP contribution is 2.27. The lowest BCUT2D eigenvalue weighted by Gasteiger charge is -2.20. The van der Waals surface area contributed by atoms with Crippen LogP contribution in [0, 0.1) is 0 Å². The number of carbonyl (C=O) groups is 1. The average molecular weight is 401 g/mol. The average Bonchev–Trinajstić information content (AvgIpc) is 2.69. The van der Waals surface area contributed by atoms with Gasteiger partial charge in [0.25, 0.3) is 0 Å². The van der Waals surface area contributed by atoms with Gasteiger partial charge < -0.3 is 15.4 Å². The molecule has 0 bridgehead atoms. The molecule has 0 fully saturated rings. The molecule has 0 aliphatic rings. The molecular weight excluding hydrogens is 383 g/mol. The summed E-state index contributed by atoms with van der Waals surface area (Å²) in [6.07, 6.45) is 0. The maximum atomic E-state index is 12.4. The zero-order valence-electron chi connectivity index (χ0n) is 14.4. The van der Waals surface area contributed by atoms with Crippen LogP contribution in [0.1, 0.15) is 17.2 Å². The Balaban J connectivity index is 1.63. The third-order valence-electron chi connectivity index (χ3n) is 3.90. The van der Waals surface area contributed by atoms with E-state index in [2.05, 4.69) is 10.6 Å². The monoisotopic (exact) mass is 400 g/mol. The Morgan fingerprint density at radius 2 is 1.48 bits per heavy atom. The van der Waals surface area contributed by atoms with Crippen molar-refractivity contribution in [3.8, 4) is 5.75 Å². The Hall–Kier alpha value is -2.69. The lowest BCUT2D eigenvalue weighted by Crippen LogP contribution is -2.40. The fraction of sp³-hybridized carbons (Fsp3) is 0.0952. The lowest BCUT2D eigenvalue weighted by atomic mass is 9.99. The smallest absolute Gasteiger partial charge is 0.318 e. The molecule has 0 unspecified atom stereocenters. The van der Waals surface area contributed by atoms with E-state index in [1.165, 1.54) is 0 Å². The number of rotatable bonds is 6. The summed E-state index contributed by atoms with van der Waals surface area (Å²) in [5, 5.41) is 6.56. The van der Waals surface area contributed by atoms with Crippen LogP contribution in [-0.4, -0.2) is 12.8 Å². The quantitative estimate of drug-likeness (QED) is 0.542. The van der Waals surface area contributed by atoms with Gasteiger partial charge in [-0.3, -0.25) is 0 Å². The predicted molar refractivity (Wildman–Crippen MR) is 108 cm³/mol. The van der Waals surface area contributed by atoms with Crippen LogP contribution < -0.4 is 15.4 Å². The van der Waals surface area contributed by atoms with Crippen molar-refractivity contribution in [1.29, 1.82) is 0 Å². The predicted octanol–water partition coefficient (Wildman–Crippen LogP) is 5.42. The van der Waals surface area contributed by atoms with Gasteiger partial charge in [0.1, 0.15) is 5.75 Å². The first kappa shape index (κ1) is 19.1. The molecule has 6 heteroatoms. The molecule has 0 saturated carbocycles. The lowest BCUT2D eigenvalue weighted by molar-refractivity contribution is 0.222. The second-order valence-corrected chi connectivity index (χ2v) is 6.61. The largest absolute Gasteiger partial charge is 0.472 e. The summed E-state index contributed by atoms with van der Waals surface area (Å²) in [7, 11) is 0. The number of benzene rings is 3. The van der Waals surface area contributed by atoms with Crippen LogP contribution in [0.15, 0.2) is 78.9 Å². The number of amides is 2. The van der Waals surface area contributed by atoms with Crippen molar-refractivity contribution in [2.45, 2.75) is 6.04 Å². The highest BCUT2D eigenvalue weighted by Gasteiger charge is 2.16. The van der Waals surface area contributed by atoms with E-state index < -0.39 is 0 Å². The van der Waals surface area contributed by atoms with Gasteiger partial charge in [-0.1, -0.05) is 83.9 Å². The normalized spacial score (nSPS) is 10.5. The van der Waals surface area contributed by atoms with Crippen LogP contribution in [0.4, 0.5) is 4.79 Å². The number of carbonyl (C=O) groups excluding carboxylic acids is 1. The SMILES string of the molecule is O=C(NCOc1ccc(Cl)cc1Cl)NC(c1ccccc1)c1ccccc1. The molecule has 3 rings (SSSR count). The summed E-state index contributed by atoms with van der Waals surface area (Å²) in [5.74, 6) is 0.448. The van der Waals surface area contributed by atoms with Crippen molar-refractivity contribution < 1.29 is 9.53 Å². The van der Waals surface area contributed by atoms with Gasteiger partial charge in [-0.05, 0) is 29.3 Å². The van der Waals surface area contributed by atoms with Crippen LogP contribution >= 0.6 is 23.2 Å². The number of hydrogen-bond donors (Lipinski definition) is 2. The number of halogens is 2. The first-order valence-electron chi connectivity index (χ1n) is 8.35. The molecule has 0 heterocycles. The molecule has 0 aliphatic heterocycles. The molecule has 2 N–H and O–H groups in total. The molecule has 3 aromatic rings. The first-order chi connectivity index (χ1) is 13.1. The van der Waals surface area contributed by atoms with Gasteiger partial charge in [0.05, 0.1) is 11.1 Å². The zero-order chi connectivity index (χ0) is 19.1. The second kappa shape index (κ2) is 9.31. The van der Waals surface area contributed by atoms with Gasteiger partial charge in [0, 0.05) is 5.02 Å². The molecule has 2 amide bonds. The summed E-state index contributed by atoms with van der Waals surface area (Å²) in [6.45, 7) is -0.0243. The molecule has 0 aliphatic carbocycles. The maximum absolute atomic E-state index is 12.4. The van der Waals surface area contributed by atoms with Crippen LogP contribution in [-0.2, 0) is 0 Å². The van der Waals surface area contributed by atoms with E-state index in [1.807, 2.05) is 60.7 Å². The minimum atomic E-state index is -0.349. The van der Waals surface area contributed by atoms with Gasteiger partial charge in [-0.25, -0.2) is 4.79 Å². The van der Waals surface area contributed by atoms with Crippen molar-refractivity contribution in [3.05, 3.63) is 100 Å². The van der Waals surface area contributed by atoms with Gasteiger partial charge in [0.15, 0.2) is 6.73 Å². The molecule has 27 heavy (non-hydrogen) atoms. The van der Waals surface area contributed by atoms with E-state index in [1.54, 1.807) is 18.2 Å². The van der Waals surface area contributed by atoms with Crippen LogP contribution in [0.5, 0.6) is 5.75 Å². The fourth-order valence-electron chi connectivity index (χ4n) is 2.60. The highest BCUT2D eigenvalue weighted by atomic mass is 35.5. The minimum Gasteiger partial charge on any atom is -0.472 e. The summed E-state index contributed by atoms with van der Waals surface area (Å²) >= 11 is 11.9. The number of ether oxygens (including phenoxy) is 1. The van der Waals surface area contributed by atoms with E-state index in [9.17, 15) is 4.79 Å². The molecule has 0 radical (unpaired) electrons. The Bertz CT molecular complexity index is 850. The number of nitrogens with one attached hydrogen (secondary N) is 2. The van der Waals surface area contributed by atoms with Gasteiger partial charge >= 0.3 is 6.03 Å². The Kier molecular flexibility index (Phi) is 6.58. The number of hydrogen-bond acceptors (Lipinski definition) is 2. The topological polar surface area (TPSA) is 50.4 Å². The third kappa shape index (κ3) is 5.39. The molecule has 0 saturated heterocycles. The molecule has 0 atom stereocenters. The fourth-order valence-corrected chi connectivity index (χ4v) is 3.07. The maximum Gasteiger partial charge on any atom is 0.318 e. The Morgan fingerprint density at radius 3 is 2.04 bits per heavy atom. The van der Waals surface area contributed by atoms with Gasteiger partial charge in [-0.15, -0.1) is 0 Å². The van der Waals surface area contributed by atoms with Crippen molar-refractivity contribution in [3.63, 3.8) is 0 Å². The van der Waals surface area contributed by atoms with E-state index in [4.69, 9.17) is 27.9 Å². The van der Waals surface area contributed by atoms with Gasteiger partial charge in [-0.2, -0.15) is 0 Å². The molecule has 3 aromatic carbocycles. The van der Waals surface area contributed by atoms with Crippen molar-refractivity contribution >= 4 is 29.2 Å². The van der Waals surface area contributed by atoms with Gasteiger partial charge in [0.2, 0.25) is 0 Å². The van der Waals surface area contributed by atoms with Crippen molar-refractivity contribution in [2.75, 3.05) is 6.73 Å². The Labute approximate surface area is 168 Å². The number of urea groups is 1. The van der Waals surface area contributed by atoms with Crippen LogP contribution in [0.3, 0.4) is 0 Å². The molecule has 4 nitrogen and oxygen atoms in total. The van der Waals surface area contributed by atoms with Crippen molar-refractivity contribution in [1.82, 2.24) is 10.6 Å². The summed E-state index contributed by atoms with van der Waals surface area (Å²) in [6, 6.07) is 23.8. The third-order valence-corrected chi connectivity index (χ3v) is 4.43. The Morgan fingerprint density at radius 1 is 0.889 bits per heavy atom. The molecular formula is C21H18Cl2N2O2.